The summed E-state index contributed by atoms with van der Waals surface area (Å²) in [6, 6.07) is 5.24. The third-order valence-electron chi connectivity index (χ3n) is 21.3. The summed E-state index contributed by atoms with van der Waals surface area (Å²) >= 11 is 0. The molecule has 2 aliphatic heterocycles. The fourth-order valence-electron chi connectivity index (χ4n) is 14.6. The Bertz CT molecular complexity index is 4710. The highest BCUT2D eigenvalue weighted by atomic mass is 16.5. The van der Waals surface area contributed by atoms with Gasteiger partial charge in [-0.25, -0.2) is 14.5 Å². The number of carbonyl (C=O) groups is 12. The van der Waals surface area contributed by atoms with Gasteiger partial charge in [-0.05, 0) is 150 Å². The van der Waals surface area contributed by atoms with Crippen LogP contribution in [0.4, 0.5) is 0 Å². The van der Waals surface area contributed by atoms with Crippen LogP contribution in [-0.4, -0.2) is 265 Å². The number of aromatic carboxylic acids is 1. The number of hydrogen-bond donors (Lipinski definition) is 18. The lowest BCUT2D eigenvalue weighted by Crippen LogP contribution is -2.61. The minimum absolute atomic E-state index is 0.00836. The summed E-state index contributed by atoms with van der Waals surface area (Å²) in [5.74, 6) is -3.25. The number of carbonyl (C=O) groups excluding carboxylic acids is 11. The Kier molecular flexibility index (Phi) is 39.0. The SMILES string of the molecule is Cc1n[nH]c(C)c1CCCOc1cc(OCCCc2cn(CCOCCOCCOCCC(=O)NCCCCC(NC(=O)C(Cc3ccc(O)cc3)NC(=O)C(CO)NC(=O)C(Cc3c[nH]c4ccccc34)NC(=O)C(Cc3c[nH]cn3)NC(=O)C3CCC(=O)N3)C(=O)NC(CC(C)C)C(=O)NC(CCCNN)C(=O)N3CCCC3C(N)=O)nn2)cc(C(=O)O)c1. The summed E-state index contributed by atoms with van der Waals surface area (Å²) in [7, 11) is 0. The number of carboxylic acids is 1. The second-order valence-electron chi connectivity index (χ2n) is 31.5. The van der Waals surface area contributed by atoms with Crippen molar-refractivity contribution < 1.29 is 96.5 Å². The lowest BCUT2D eigenvalue weighted by Gasteiger charge is -2.30. The molecule has 684 valence electrons. The normalized spacial score (nSPS) is 15.4. The number of fused-ring (bicyclic) bond motifs is 1. The van der Waals surface area contributed by atoms with Crippen molar-refractivity contribution in [3.05, 3.63) is 137 Å². The number of hydrazine groups is 1. The molecule has 9 rings (SSSR count). The number of aryl methyl sites for hydroxylation is 3. The van der Waals surface area contributed by atoms with E-state index in [1.165, 1.54) is 53.8 Å². The van der Waals surface area contributed by atoms with Crippen molar-refractivity contribution in [2.45, 2.75) is 204 Å². The zero-order valence-electron chi connectivity index (χ0n) is 71.5. The summed E-state index contributed by atoms with van der Waals surface area (Å²) in [4.78, 5) is 178. The molecule has 2 fully saturated rings. The topological polar surface area (TPSA) is 591 Å². The maximum atomic E-state index is 15.1. The predicted molar refractivity (Wildman–Crippen MR) is 456 cm³/mol. The molecule has 6 heterocycles. The number of aromatic nitrogens is 8. The number of phenols is 1. The fourth-order valence-corrected chi connectivity index (χ4v) is 14.6. The van der Waals surface area contributed by atoms with Gasteiger partial charge >= 0.3 is 5.97 Å². The second-order valence-corrected chi connectivity index (χ2v) is 31.5. The minimum Gasteiger partial charge on any atom is -0.508 e. The van der Waals surface area contributed by atoms with Gasteiger partial charge in [0.1, 0.15) is 71.6 Å². The first-order chi connectivity index (χ1) is 60.7. The Labute approximate surface area is 728 Å². The molecule has 11 amide bonds. The maximum Gasteiger partial charge on any atom is 0.335 e. The first-order valence-corrected chi connectivity index (χ1v) is 42.6. The molecule has 2 aliphatic rings. The molecule has 0 aliphatic carbocycles. The largest absolute Gasteiger partial charge is 0.508 e. The van der Waals surface area contributed by atoms with Gasteiger partial charge in [0.15, 0.2) is 0 Å². The number of carboxylic acid groups (broad SMARTS) is 1. The molecule has 9 unspecified atom stereocenters. The number of primary amides is 1. The number of nitrogens with two attached hydrogens (primary N) is 2. The monoisotopic (exact) mass is 1750 g/mol. The Balaban J connectivity index is 0.779. The van der Waals surface area contributed by atoms with E-state index >= 15 is 4.79 Å². The molecule has 7 aromatic rings. The number of nitrogens with one attached hydrogen (secondary N) is 13. The standard InChI is InChI=1S/C85H119N21O20/c1-51(2)39-68(79(114)95-67(18-9-28-92-87)84(119)106-29-10-19-73(106)76(86)111)96-77(112)65(17-7-8-27-89-74(109)26-33-122-35-37-124-38-36-123-34-30-105-48-57(103-104-105)13-11-31-125-60-41-55(85(120)121)42-61(45-60)126-32-12-15-62-52(3)101-102-53(62)4)94-80(115)69(40-54-20-22-59(108)23-21-54)97-83(118)72(49-107)100-81(116)70(43-56-46-90-64-16-6-5-14-63(56)64)98-82(117)71(44-58-47-88-50-91-58)99-78(113)66-24-25-75(110)93-66/h5-6,14,16,20-23,41-42,45-48,50-51,65-73,90,92,107-108H,7-13,15,17-19,24-40,43-44,49,87H2,1-4H3,(H2,86,111)(H,88,91)(H,89,109)(H,93,110)(H,94,115)(H,95,114)(H,96,112)(H,97,118)(H,98,117)(H,99,113)(H,100,116)(H,101,102)(H,120,121). The number of unbranched alkanes of at least 4 members (excludes halogenated alkanes) is 1. The number of ether oxygens (including phenoxy) is 5. The van der Waals surface area contributed by atoms with E-state index in [-0.39, 0.29) is 146 Å². The number of likely N-dealkylation sites (tertiary alicyclic amines) is 1. The van der Waals surface area contributed by atoms with Crippen LogP contribution in [0.25, 0.3) is 10.9 Å². The number of aliphatic hydroxyl groups is 1. The average molecular weight is 1760 g/mol. The predicted octanol–water partition coefficient (Wildman–Crippen LogP) is 0.134. The van der Waals surface area contributed by atoms with E-state index in [0.717, 1.165) is 29.1 Å². The zero-order valence-corrected chi connectivity index (χ0v) is 71.5. The van der Waals surface area contributed by atoms with Crippen LogP contribution in [0, 0.1) is 19.8 Å². The molecule has 0 bridgehead atoms. The van der Waals surface area contributed by atoms with Crippen LogP contribution >= 0.6 is 0 Å². The molecule has 41 heteroatoms. The molecule has 20 N–H and O–H groups in total. The molecule has 41 nitrogen and oxygen atoms in total. The quantitative estimate of drug-likeness (QED) is 0.0137. The Morgan fingerprint density at radius 3 is 1.93 bits per heavy atom. The maximum absolute atomic E-state index is 15.1. The van der Waals surface area contributed by atoms with Gasteiger partial charge in [-0.3, -0.25) is 69.1 Å². The number of aliphatic hydroxyl groups excluding tert-OH is 1. The number of phenolic OH excluding ortho intramolecular Hbond substituents is 1. The highest BCUT2D eigenvalue weighted by Gasteiger charge is 2.40. The van der Waals surface area contributed by atoms with Gasteiger partial charge in [-0.1, -0.05) is 49.4 Å². The molecule has 2 saturated heterocycles. The molecular formula is C85H119N21O20. The minimum atomic E-state index is -1.83. The van der Waals surface area contributed by atoms with E-state index < -0.39 is 120 Å². The van der Waals surface area contributed by atoms with Gasteiger partial charge in [0.05, 0.1) is 95.0 Å². The zero-order chi connectivity index (χ0) is 90.4. The second kappa shape index (κ2) is 50.5. The number of benzene rings is 3. The van der Waals surface area contributed by atoms with Crippen LogP contribution < -0.4 is 74.3 Å². The first kappa shape index (κ1) is 97.4. The molecule has 126 heavy (non-hydrogen) atoms. The number of rotatable bonds is 57. The summed E-state index contributed by atoms with van der Waals surface area (Å²) in [6.07, 6.45) is 10.1. The van der Waals surface area contributed by atoms with Gasteiger partial charge in [0.25, 0.3) is 0 Å². The first-order valence-electron chi connectivity index (χ1n) is 42.6. The number of imidazole rings is 1. The van der Waals surface area contributed by atoms with Crippen LogP contribution in [0.15, 0.2) is 91.6 Å². The van der Waals surface area contributed by atoms with Crippen molar-refractivity contribution >= 4 is 81.9 Å². The summed E-state index contributed by atoms with van der Waals surface area (Å²) in [5, 5.41) is 71.6. The Morgan fingerprint density at radius 2 is 1.28 bits per heavy atom. The van der Waals surface area contributed by atoms with Crippen molar-refractivity contribution in [1.82, 2.24) is 98.3 Å². The van der Waals surface area contributed by atoms with Crippen LogP contribution in [0.5, 0.6) is 17.2 Å². The van der Waals surface area contributed by atoms with Crippen molar-refractivity contribution in [3.63, 3.8) is 0 Å². The number of nitrogens with zero attached hydrogens (tertiary/aromatic N) is 6. The van der Waals surface area contributed by atoms with Gasteiger partial charge in [-0.2, -0.15) is 5.10 Å². The Hall–Kier alpha value is -12.4. The van der Waals surface area contributed by atoms with E-state index in [1.807, 2.05) is 20.0 Å². The summed E-state index contributed by atoms with van der Waals surface area (Å²) in [5.41, 5.74) is 14.1. The van der Waals surface area contributed by atoms with Gasteiger partial charge in [0.2, 0.25) is 65.0 Å². The molecule has 9 atom stereocenters. The number of amides is 11. The van der Waals surface area contributed by atoms with Crippen molar-refractivity contribution in [2.24, 2.45) is 17.5 Å². The van der Waals surface area contributed by atoms with Gasteiger partial charge in [0, 0.05) is 93.0 Å². The van der Waals surface area contributed by atoms with Crippen molar-refractivity contribution in [2.75, 3.05) is 79.1 Å². The van der Waals surface area contributed by atoms with Gasteiger partial charge in [-0.15, -0.1) is 5.10 Å². The van der Waals surface area contributed by atoms with E-state index in [1.54, 1.807) is 55.1 Å². The van der Waals surface area contributed by atoms with Crippen molar-refractivity contribution in [3.8, 4) is 17.2 Å². The highest BCUT2D eigenvalue weighted by molar-refractivity contribution is 6.00. The van der Waals surface area contributed by atoms with Crippen molar-refractivity contribution in [1.29, 1.82) is 0 Å². The van der Waals surface area contributed by atoms with Crippen LogP contribution in [-0.2, 0) is 106 Å². The summed E-state index contributed by atoms with van der Waals surface area (Å²) in [6.45, 7) is 9.54. The molecule has 0 spiro atoms. The van der Waals surface area contributed by atoms with E-state index in [2.05, 4.69) is 88.7 Å². The molecule has 0 saturated carbocycles. The van der Waals surface area contributed by atoms with E-state index in [0.29, 0.717) is 111 Å². The third-order valence-corrected chi connectivity index (χ3v) is 21.3. The number of hydrogen-bond acceptors (Lipinski definition) is 25. The number of H-pyrrole nitrogens is 3. The lowest BCUT2D eigenvalue weighted by molar-refractivity contribution is -0.141. The third kappa shape index (κ3) is 31.4. The molecule has 0 radical (unpaired) electrons. The Morgan fingerprint density at radius 1 is 0.651 bits per heavy atom. The van der Waals surface area contributed by atoms with Crippen LogP contribution in [0.2, 0.25) is 0 Å². The average Bonchev–Trinajstić information content (AvgIpc) is 1.64. The van der Waals surface area contributed by atoms with E-state index in [4.69, 9.17) is 35.3 Å². The molecule has 4 aromatic heterocycles. The number of aromatic amines is 3. The van der Waals surface area contributed by atoms with Crippen LogP contribution in [0.1, 0.15) is 147 Å². The smallest absolute Gasteiger partial charge is 0.335 e. The van der Waals surface area contributed by atoms with Crippen LogP contribution in [0.3, 0.4) is 0 Å². The van der Waals surface area contributed by atoms with Gasteiger partial charge < -0.3 is 107 Å². The lowest BCUT2D eigenvalue weighted by atomic mass is 10.00. The fraction of sp³-hybridized carbons (Fsp3) is 0.529. The number of aromatic hydroxyl groups is 1. The molecular weight excluding hydrogens is 1640 g/mol. The molecule has 3 aromatic carbocycles. The number of para-hydroxylation sites is 1. The van der Waals surface area contributed by atoms with E-state index in [9.17, 15) is 68.1 Å². The highest BCUT2D eigenvalue weighted by Crippen LogP contribution is 2.26. The summed E-state index contributed by atoms with van der Waals surface area (Å²) < 4.78 is 30.6.